The molecule has 20 heavy (non-hydrogen) atoms. The van der Waals surface area contributed by atoms with Crippen molar-refractivity contribution in [1.82, 2.24) is 4.72 Å². The lowest BCUT2D eigenvalue weighted by Gasteiger charge is -2.21. The van der Waals surface area contributed by atoms with E-state index in [2.05, 4.69) is 10.0 Å². The summed E-state index contributed by atoms with van der Waals surface area (Å²) in [6, 6.07) is 5.36. The van der Waals surface area contributed by atoms with Crippen LogP contribution in [0.5, 0.6) is 0 Å². The van der Waals surface area contributed by atoms with Crippen molar-refractivity contribution < 1.29 is 8.42 Å². The van der Waals surface area contributed by atoms with Gasteiger partial charge in [0.2, 0.25) is 10.0 Å². The van der Waals surface area contributed by atoms with E-state index in [-0.39, 0.29) is 0 Å². The summed E-state index contributed by atoms with van der Waals surface area (Å²) in [5.41, 5.74) is 2.16. The monoisotopic (exact) mass is 312 g/mol. The van der Waals surface area contributed by atoms with Crippen LogP contribution < -0.4 is 10.0 Å². The van der Waals surface area contributed by atoms with Crippen molar-refractivity contribution >= 4 is 27.5 Å². The van der Waals surface area contributed by atoms with Gasteiger partial charge in [-0.3, -0.25) is 0 Å². The molecule has 2 heterocycles. The fourth-order valence-electron chi connectivity index (χ4n) is 2.71. The van der Waals surface area contributed by atoms with E-state index in [0.717, 1.165) is 48.6 Å². The zero-order valence-electron chi connectivity index (χ0n) is 11.4. The number of sulfonamides is 1. The molecule has 4 nitrogen and oxygen atoms in total. The second-order valence-corrected chi connectivity index (χ2v) is 8.40. The molecular weight excluding hydrogens is 292 g/mol. The number of benzene rings is 1. The molecule has 0 spiro atoms. The van der Waals surface area contributed by atoms with Gasteiger partial charge in [-0.1, -0.05) is 0 Å². The largest absolute Gasteiger partial charge is 0.384 e. The highest BCUT2D eigenvalue weighted by Gasteiger charge is 2.20. The van der Waals surface area contributed by atoms with E-state index in [4.69, 9.17) is 0 Å². The summed E-state index contributed by atoms with van der Waals surface area (Å²) in [5, 5.41) is 3.24. The normalized spacial score (nSPS) is 19.6. The minimum atomic E-state index is -3.37. The Labute approximate surface area is 124 Å². The Morgan fingerprint density at radius 1 is 1.30 bits per heavy atom. The Morgan fingerprint density at radius 3 is 2.90 bits per heavy atom. The minimum Gasteiger partial charge on any atom is -0.384 e. The molecule has 0 amide bonds. The third-order valence-electron chi connectivity index (χ3n) is 4.00. The van der Waals surface area contributed by atoms with Crippen molar-refractivity contribution in [2.75, 3.05) is 29.9 Å². The number of hydrogen-bond acceptors (Lipinski definition) is 4. The van der Waals surface area contributed by atoms with Crippen LogP contribution in [0.4, 0.5) is 5.69 Å². The van der Waals surface area contributed by atoms with Gasteiger partial charge in [0.05, 0.1) is 4.90 Å². The van der Waals surface area contributed by atoms with E-state index in [9.17, 15) is 8.42 Å². The van der Waals surface area contributed by atoms with E-state index in [0.29, 0.717) is 17.4 Å². The molecule has 2 aliphatic heterocycles. The maximum Gasteiger partial charge on any atom is 0.240 e. The lowest BCUT2D eigenvalue weighted by molar-refractivity contribution is 0.476. The van der Waals surface area contributed by atoms with Crippen molar-refractivity contribution in [2.24, 2.45) is 5.92 Å². The summed E-state index contributed by atoms with van der Waals surface area (Å²) in [6.07, 6.45) is 3.13. The van der Waals surface area contributed by atoms with Gasteiger partial charge in [0.15, 0.2) is 0 Å². The topological polar surface area (TPSA) is 58.2 Å². The van der Waals surface area contributed by atoms with Crippen molar-refractivity contribution in [3.8, 4) is 0 Å². The highest BCUT2D eigenvalue weighted by atomic mass is 32.2. The molecule has 0 aromatic heterocycles. The van der Waals surface area contributed by atoms with Gasteiger partial charge in [-0.05, 0) is 60.4 Å². The predicted molar refractivity (Wildman–Crippen MR) is 83.9 cm³/mol. The third kappa shape index (κ3) is 3.13. The van der Waals surface area contributed by atoms with E-state index in [1.807, 2.05) is 17.8 Å². The van der Waals surface area contributed by atoms with Crippen LogP contribution in [0.3, 0.4) is 0 Å². The first kappa shape index (κ1) is 14.2. The third-order valence-corrected chi connectivity index (χ3v) is 6.47. The van der Waals surface area contributed by atoms with Crippen LogP contribution in [0.15, 0.2) is 23.1 Å². The van der Waals surface area contributed by atoms with E-state index < -0.39 is 10.0 Å². The van der Waals surface area contributed by atoms with Gasteiger partial charge in [-0.15, -0.1) is 0 Å². The summed E-state index contributed by atoms with van der Waals surface area (Å²) in [5.74, 6) is 2.79. The van der Waals surface area contributed by atoms with Crippen LogP contribution in [0.2, 0.25) is 0 Å². The molecule has 1 aromatic rings. The highest BCUT2D eigenvalue weighted by Crippen LogP contribution is 2.26. The molecule has 110 valence electrons. The molecule has 0 atom stereocenters. The first-order chi connectivity index (χ1) is 9.65. The van der Waals surface area contributed by atoms with Crippen molar-refractivity contribution in [3.63, 3.8) is 0 Å². The summed E-state index contributed by atoms with van der Waals surface area (Å²) in [7, 11) is -3.37. The molecule has 1 aromatic carbocycles. The smallest absolute Gasteiger partial charge is 0.240 e. The fraction of sp³-hybridized carbons (Fsp3) is 0.571. The molecule has 0 saturated carbocycles. The Balaban J connectivity index is 1.68. The summed E-state index contributed by atoms with van der Waals surface area (Å²) in [4.78, 5) is 0.394. The first-order valence-corrected chi connectivity index (χ1v) is 9.73. The van der Waals surface area contributed by atoms with Crippen molar-refractivity contribution in [1.29, 1.82) is 0 Å². The minimum absolute atomic E-state index is 0.394. The molecule has 2 aliphatic rings. The van der Waals surface area contributed by atoms with Crippen LogP contribution >= 0.6 is 11.8 Å². The molecule has 1 saturated heterocycles. The highest BCUT2D eigenvalue weighted by molar-refractivity contribution is 7.99. The van der Waals surface area contributed by atoms with Crippen LogP contribution in [0.25, 0.3) is 0 Å². The zero-order chi connectivity index (χ0) is 14.0. The first-order valence-electron chi connectivity index (χ1n) is 7.09. The van der Waals surface area contributed by atoms with E-state index in [1.54, 1.807) is 12.1 Å². The summed E-state index contributed by atoms with van der Waals surface area (Å²) in [6.45, 7) is 1.46. The number of thioether (sulfide) groups is 1. The molecule has 0 aliphatic carbocycles. The molecule has 0 unspecified atom stereocenters. The maximum absolute atomic E-state index is 12.3. The van der Waals surface area contributed by atoms with Gasteiger partial charge in [0.1, 0.15) is 0 Å². The van der Waals surface area contributed by atoms with Gasteiger partial charge in [-0.25, -0.2) is 13.1 Å². The van der Waals surface area contributed by atoms with Gasteiger partial charge in [0.25, 0.3) is 0 Å². The molecular formula is C14H20N2O2S2. The Hall–Kier alpha value is -0.720. The molecule has 1 fully saturated rings. The average Bonchev–Trinajstić information content (AvgIpc) is 2.94. The zero-order valence-corrected chi connectivity index (χ0v) is 13.0. The van der Waals surface area contributed by atoms with Gasteiger partial charge in [-0.2, -0.15) is 11.8 Å². The fourth-order valence-corrected chi connectivity index (χ4v) is 5.08. The van der Waals surface area contributed by atoms with E-state index >= 15 is 0 Å². The second kappa shape index (κ2) is 5.95. The molecule has 0 bridgehead atoms. The predicted octanol–water partition coefficient (Wildman–Crippen LogP) is 2.08. The summed E-state index contributed by atoms with van der Waals surface area (Å²) < 4.78 is 27.5. The maximum atomic E-state index is 12.3. The van der Waals surface area contributed by atoms with Crippen LogP contribution in [0, 0.1) is 5.92 Å². The van der Waals surface area contributed by atoms with Crippen LogP contribution in [0.1, 0.15) is 18.4 Å². The quantitative estimate of drug-likeness (QED) is 0.894. The Morgan fingerprint density at radius 2 is 2.10 bits per heavy atom. The number of rotatable bonds is 4. The molecule has 0 radical (unpaired) electrons. The number of anilines is 1. The van der Waals surface area contributed by atoms with E-state index in [1.165, 1.54) is 0 Å². The van der Waals surface area contributed by atoms with Crippen LogP contribution in [-0.2, 0) is 16.4 Å². The Kier molecular flexibility index (Phi) is 4.23. The standard InChI is InChI=1S/C14H20N2O2S2/c17-20(18,16-10-11-4-7-19-8-5-11)13-1-2-14-12(9-13)3-6-15-14/h1-2,9,11,15-16H,3-8,10H2. The van der Waals surface area contributed by atoms with Gasteiger partial charge < -0.3 is 5.32 Å². The molecule has 6 heteroatoms. The van der Waals surface area contributed by atoms with Gasteiger partial charge >= 0.3 is 0 Å². The SMILES string of the molecule is O=S(=O)(NCC1CCSCC1)c1ccc2c(c1)CCN2. The van der Waals surface area contributed by atoms with Crippen LogP contribution in [-0.4, -0.2) is 33.0 Å². The summed E-state index contributed by atoms with van der Waals surface area (Å²) >= 11 is 1.96. The van der Waals surface area contributed by atoms with Crippen molar-refractivity contribution in [3.05, 3.63) is 23.8 Å². The Bertz CT molecular complexity index is 581. The van der Waals surface area contributed by atoms with Gasteiger partial charge in [0, 0.05) is 18.8 Å². The number of hydrogen-bond donors (Lipinski definition) is 2. The molecule has 3 rings (SSSR count). The number of nitrogens with one attached hydrogen (secondary N) is 2. The van der Waals surface area contributed by atoms with Crippen molar-refractivity contribution in [2.45, 2.75) is 24.2 Å². The average molecular weight is 312 g/mol. The number of fused-ring (bicyclic) bond motifs is 1. The lowest BCUT2D eigenvalue weighted by atomic mass is 10.0. The molecule has 2 N–H and O–H groups in total. The lowest BCUT2D eigenvalue weighted by Crippen LogP contribution is -2.31. The second-order valence-electron chi connectivity index (χ2n) is 5.40.